The molecule has 2 aliphatic rings. The molecule has 4 rings (SSSR count). The average molecular weight is 313 g/mol. The molecule has 2 aromatic rings. The van der Waals surface area contributed by atoms with Gasteiger partial charge in [-0.3, -0.25) is 0 Å². The summed E-state index contributed by atoms with van der Waals surface area (Å²) in [7, 11) is 0. The summed E-state index contributed by atoms with van der Waals surface area (Å²) in [5.41, 5.74) is 2.10. The first-order valence-corrected chi connectivity index (χ1v) is 9.09. The molecular formula is C18H27N5. The van der Waals surface area contributed by atoms with Gasteiger partial charge in [-0.2, -0.15) is 0 Å². The molecule has 23 heavy (non-hydrogen) atoms. The Morgan fingerprint density at radius 2 is 2.30 bits per heavy atom. The van der Waals surface area contributed by atoms with Crippen molar-refractivity contribution in [2.24, 2.45) is 5.92 Å². The number of hydrogen-bond acceptors (Lipinski definition) is 4. The number of fused-ring (bicyclic) bond motifs is 1. The van der Waals surface area contributed by atoms with Crippen molar-refractivity contribution >= 4 is 11.2 Å². The van der Waals surface area contributed by atoms with E-state index in [0.29, 0.717) is 6.04 Å². The highest BCUT2D eigenvalue weighted by Gasteiger charge is 2.25. The van der Waals surface area contributed by atoms with Gasteiger partial charge in [-0.25, -0.2) is 9.97 Å². The molecule has 5 heteroatoms. The summed E-state index contributed by atoms with van der Waals surface area (Å²) in [6.07, 6.45) is 6.82. The monoisotopic (exact) mass is 313 g/mol. The molecule has 2 aromatic heterocycles. The minimum Gasteiger partial charge on any atom is -0.312 e. The highest BCUT2D eigenvalue weighted by molar-refractivity contribution is 5.71. The van der Waals surface area contributed by atoms with Gasteiger partial charge in [0.25, 0.3) is 0 Å². The summed E-state index contributed by atoms with van der Waals surface area (Å²) in [5, 5.41) is 3.61. The van der Waals surface area contributed by atoms with Crippen molar-refractivity contribution in [2.45, 2.75) is 45.2 Å². The van der Waals surface area contributed by atoms with Crippen molar-refractivity contribution < 1.29 is 0 Å². The van der Waals surface area contributed by atoms with Gasteiger partial charge < -0.3 is 14.8 Å². The van der Waals surface area contributed by atoms with E-state index >= 15 is 0 Å². The van der Waals surface area contributed by atoms with Gasteiger partial charge in [-0.15, -0.1) is 0 Å². The minimum absolute atomic E-state index is 0.573. The Hall–Kier alpha value is -1.46. The van der Waals surface area contributed by atoms with Crippen LogP contribution in [0.1, 0.15) is 32.0 Å². The quantitative estimate of drug-likeness (QED) is 0.918. The summed E-state index contributed by atoms with van der Waals surface area (Å²) >= 11 is 0. The minimum atomic E-state index is 0.573. The van der Waals surface area contributed by atoms with Gasteiger partial charge in [0.15, 0.2) is 5.65 Å². The molecule has 0 bridgehead atoms. The number of aromatic nitrogens is 3. The molecule has 0 aromatic carbocycles. The van der Waals surface area contributed by atoms with E-state index in [2.05, 4.69) is 32.8 Å². The van der Waals surface area contributed by atoms with E-state index in [1.54, 1.807) is 0 Å². The number of pyridine rings is 1. The average Bonchev–Trinajstić information content (AvgIpc) is 3.30. The molecule has 124 valence electrons. The number of likely N-dealkylation sites (tertiary alicyclic amines) is 1. The largest absolute Gasteiger partial charge is 0.312 e. The smallest absolute Gasteiger partial charge is 0.160 e. The zero-order valence-electron chi connectivity index (χ0n) is 14.0. The first kappa shape index (κ1) is 15.1. The van der Waals surface area contributed by atoms with Crippen molar-refractivity contribution in [3.63, 3.8) is 0 Å². The molecule has 0 aliphatic carbocycles. The third kappa shape index (κ3) is 3.12. The van der Waals surface area contributed by atoms with Crippen LogP contribution in [0.15, 0.2) is 18.3 Å². The Bertz CT molecular complexity index is 658. The third-order valence-corrected chi connectivity index (χ3v) is 5.44. The number of hydrogen-bond donors (Lipinski definition) is 1. The van der Waals surface area contributed by atoms with Crippen molar-refractivity contribution in [1.82, 2.24) is 24.8 Å². The number of imidazole rings is 1. The van der Waals surface area contributed by atoms with E-state index in [0.717, 1.165) is 36.6 Å². The summed E-state index contributed by atoms with van der Waals surface area (Å²) in [4.78, 5) is 12.1. The van der Waals surface area contributed by atoms with E-state index in [-0.39, 0.29) is 0 Å². The molecule has 0 spiro atoms. The van der Waals surface area contributed by atoms with Crippen molar-refractivity contribution in [2.75, 3.05) is 26.2 Å². The van der Waals surface area contributed by atoms with Crippen LogP contribution in [0.3, 0.4) is 0 Å². The first-order valence-electron chi connectivity index (χ1n) is 9.09. The van der Waals surface area contributed by atoms with Gasteiger partial charge in [-0.1, -0.05) is 6.92 Å². The Morgan fingerprint density at radius 1 is 1.35 bits per heavy atom. The molecule has 0 saturated carbocycles. The molecule has 2 atom stereocenters. The molecule has 2 fully saturated rings. The van der Waals surface area contributed by atoms with Crippen molar-refractivity contribution in [3.8, 4) is 0 Å². The lowest BCUT2D eigenvalue weighted by atomic mass is 10.0. The lowest BCUT2D eigenvalue weighted by Gasteiger charge is -2.16. The van der Waals surface area contributed by atoms with Gasteiger partial charge in [0.05, 0.1) is 0 Å². The second-order valence-electron chi connectivity index (χ2n) is 7.03. The van der Waals surface area contributed by atoms with Crippen LogP contribution >= 0.6 is 0 Å². The lowest BCUT2D eigenvalue weighted by molar-refractivity contribution is 0.339. The fraction of sp³-hybridized carbons (Fsp3) is 0.667. The van der Waals surface area contributed by atoms with Crippen molar-refractivity contribution in [1.29, 1.82) is 0 Å². The zero-order chi connectivity index (χ0) is 15.6. The van der Waals surface area contributed by atoms with E-state index < -0.39 is 0 Å². The highest BCUT2D eigenvalue weighted by Crippen LogP contribution is 2.23. The van der Waals surface area contributed by atoms with Crippen LogP contribution in [0.4, 0.5) is 0 Å². The summed E-state index contributed by atoms with van der Waals surface area (Å²) in [6, 6.07) is 4.66. The standard InChI is InChI=1S/C18H27N5/c1-2-22-10-7-14(12-22)11-17-21-16-6-4-9-20-18(16)23(17)13-15-5-3-8-19-15/h4,6,9,14-15,19H,2-3,5,7-8,10-13H2,1H3. The Balaban J connectivity index is 1.59. The van der Waals surface area contributed by atoms with E-state index in [9.17, 15) is 0 Å². The number of rotatable bonds is 5. The molecule has 4 heterocycles. The fourth-order valence-electron chi connectivity index (χ4n) is 4.11. The van der Waals surface area contributed by atoms with Crippen LogP contribution in [-0.4, -0.2) is 51.7 Å². The summed E-state index contributed by atoms with van der Waals surface area (Å²) in [6.45, 7) is 8.04. The number of nitrogens with zero attached hydrogens (tertiary/aromatic N) is 4. The SMILES string of the molecule is CCN1CCC(Cc2nc3cccnc3n2CC2CCCN2)C1. The predicted octanol–water partition coefficient (Wildman–Crippen LogP) is 2.07. The van der Waals surface area contributed by atoms with E-state index in [4.69, 9.17) is 4.98 Å². The highest BCUT2D eigenvalue weighted by atomic mass is 15.2. The lowest BCUT2D eigenvalue weighted by Crippen LogP contribution is -2.28. The van der Waals surface area contributed by atoms with Crippen LogP contribution in [-0.2, 0) is 13.0 Å². The Labute approximate surface area is 138 Å². The molecular weight excluding hydrogens is 286 g/mol. The van der Waals surface area contributed by atoms with E-state index in [1.807, 2.05) is 12.3 Å². The van der Waals surface area contributed by atoms with Gasteiger partial charge in [-0.05, 0) is 56.9 Å². The van der Waals surface area contributed by atoms with Gasteiger partial charge in [0.1, 0.15) is 11.3 Å². The molecule has 5 nitrogen and oxygen atoms in total. The third-order valence-electron chi connectivity index (χ3n) is 5.44. The van der Waals surface area contributed by atoms with E-state index in [1.165, 1.54) is 44.7 Å². The van der Waals surface area contributed by atoms with Gasteiger partial charge in [0, 0.05) is 31.7 Å². The summed E-state index contributed by atoms with van der Waals surface area (Å²) in [5.74, 6) is 1.97. The topological polar surface area (TPSA) is 46.0 Å². The summed E-state index contributed by atoms with van der Waals surface area (Å²) < 4.78 is 2.38. The maximum Gasteiger partial charge on any atom is 0.160 e. The van der Waals surface area contributed by atoms with Gasteiger partial charge >= 0.3 is 0 Å². The molecule has 2 unspecified atom stereocenters. The molecule has 0 radical (unpaired) electrons. The van der Waals surface area contributed by atoms with Crippen LogP contribution < -0.4 is 5.32 Å². The number of nitrogens with one attached hydrogen (secondary N) is 1. The first-order chi connectivity index (χ1) is 11.3. The van der Waals surface area contributed by atoms with Crippen molar-refractivity contribution in [3.05, 3.63) is 24.2 Å². The molecule has 2 saturated heterocycles. The van der Waals surface area contributed by atoms with Crippen LogP contribution in [0.5, 0.6) is 0 Å². The van der Waals surface area contributed by atoms with Crippen LogP contribution in [0.2, 0.25) is 0 Å². The molecule has 0 amide bonds. The van der Waals surface area contributed by atoms with Crippen LogP contribution in [0, 0.1) is 5.92 Å². The molecule has 1 N–H and O–H groups in total. The maximum atomic E-state index is 4.92. The second kappa shape index (κ2) is 6.57. The second-order valence-corrected chi connectivity index (χ2v) is 7.03. The normalized spacial score (nSPS) is 25.6. The Morgan fingerprint density at radius 3 is 3.09 bits per heavy atom. The van der Waals surface area contributed by atoms with Gasteiger partial charge in [0.2, 0.25) is 0 Å². The molecule has 2 aliphatic heterocycles. The zero-order valence-corrected chi connectivity index (χ0v) is 14.0. The Kier molecular flexibility index (Phi) is 4.31. The maximum absolute atomic E-state index is 4.92. The fourth-order valence-corrected chi connectivity index (χ4v) is 4.11. The van der Waals surface area contributed by atoms with Crippen LogP contribution in [0.25, 0.3) is 11.2 Å². The predicted molar refractivity (Wildman–Crippen MR) is 92.5 cm³/mol.